The van der Waals surface area contributed by atoms with Gasteiger partial charge in [-0.25, -0.2) is 0 Å². The molecule has 1 aromatic rings. The Morgan fingerprint density at radius 1 is 1.23 bits per heavy atom. The zero-order valence-electron chi connectivity index (χ0n) is 8.50. The van der Waals surface area contributed by atoms with Crippen LogP contribution in [0.15, 0.2) is 30.8 Å². The maximum Gasteiger partial charge on any atom is 0.127 e. The first-order chi connectivity index (χ1) is 6.03. The number of hydrogen-bond acceptors (Lipinski definition) is 1. The molecule has 0 atom stereocenters. The summed E-state index contributed by atoms with van der Waals surface area (Å²) in [6.07, 6.45) is 1.81. The lowest BCUT2D eigenvalue weighted by molar-refractivity contribution is 0.130. The van der Waals surface area contributed by atoms with Gasteiger partial charge < -0.3 is 4.74 Å². The van der Waals surface area contributed by atoms with Crippen LogP contribution in [0.2, 0.25) is 0 Å². The molecule has 0 aliphatic rings. The Labute approximate surface area is 80.0 Å². The molecule has 0 aromatic heterocycles. The zero-order valence-corrected chi connectivity index (χ0v) is 8.50. The van der Waals surface area contributed by atoms with Crippen LogP contribution >= 0.6 is 0 Å². The van der Waals surface area contributed by atoms with Crippen molar-refractivity contribution in [2.45, 2.75) is 26.4 Å². The van der Waals surface area contributed by atoms with Gasteiger partial charge in [-0.2, -0.15) is 0 Å². The molecular formula is C12H16O. The van der Waals surface area contributed by atoms with Gasteiger partial charge in [0.05, 0.1) is 0 Å². The average Bonchev–Trinajstić information content (AvgIpc) is 2.02. The first-order valence-electron chi connectivity index (χ1n) is 4.43. The van der Waals surface area contributed by atoms with E-state index in [0.717, 1.165) is 11.3 Å². The van der Waals surface area contributed by atoms with Gasteiger partial charge in [-0.3, -0.25) is 0 Å². The smallest absolute Gasteiger partial charge is 0.127 e. The van der Waals surface area contributed by atoms with Crippen molar-refractivity contribution < 1.29 is 4.74 Å². The number of para-hydroxylation sites is 1. The summed E-state index contributed by atoms with van der Waals surface area (Å²) in [5.74, 6) is 0.894. The van der Waals surface area contributed by atoms with Crippen molar-refractivity contribution >= 4 is 6.08 Å². The highest BCUT2D eigenvalue weighted by atomic mass is 16.5. The van der Waals surface area contributed by atoms with Crippen molar-refractivity contribution in [3.05, 3.63) is 36.4 Å². The van der Waals surface area contributed by atoms with E-state index in [-0.39, 0.29) is 5.60 Å². The van der Waals surface area contributed by atoms with Crippen molar-refractivity contribution in [1.29, 1.82) is 0 Å². The second-order valence-electron chi connectivity index (χ2n) is 3.96. The minimum Gasteiger partial charge on any atom is -0.488 e. The van der Waals surface area contributed by atoms with Crippen LogP contribution in [0.4, 0.5) is 0 Å². The van der Waals surface area contributed by atoms with Crippen molar-refractivity contribution in [1.82, 2.24) is 0 Å². The minimum absolute atomic E-state index is 0.154. The van der Waals surface area contributed by atoms with Crippen LogP contribution in [0.1, 0.15) is 26.3 Å². The van der Waals surface area contributed by atoms with E-state index in [4.69, 9.17) is 4.74 Å². The summed E-state index contributed by atoms with van der Waals surface area (Å²) in [5, 5.41) is 0. The van der Waals surface area contributed by atoms with E-state index >= 15 is 0 Å². The highest BCUT2D eigenvalue weighted by Gasteiger charge is 2.12. The lowest BCUT2D eigenvalue weighted by atomic mass is 10.1. The average molecular weight is 176 g/mol. The topological polar surface area (TPSA) is 9.23 Å². The van der Waals surface area contributed by atoms with Crippen LogP contribution in [-0.4, -0.2) is 5.60 Å². The first kappa shape index (κ1) is 9.85. The molecule has 13 heavy (non-hydrogen) atoms. The maximum atomic E-state index is 5.75. The molecule has 0 aliphatic heterocycles. The molecule has 0 unspecified atom stereocenters. The fourth-order valence-corrected chi connectivity index (χ4v) is 1.07. The molecule has 0 amide bonds. The van der Waals surface area contributed by atoms with Gasteiger partial charge in [0.15, 0.2) is 0 Å². The van der Waals surface area contributed by atoms with E-state index < -0.39 is 0 Å². The molecule has 0 heterocycles. The predicted octanol–water partition coefficient (Wildman–Crippen LogP) is 3.51. The number of rotatable bonds is 2. The third-order valence-electron chi connectivity index (χ3n) is 1.56. The highest BCUT2D eigenvalue weighted by molar-refractivity contribution is 5.55. The fourth-order valence-electron chi connectivity index (χ4n) is 1.07. The molecule has 1 nitrogen and oxygen atoms in total. The van der Waals surface area contributed by atoms with E-state index in [9.17, 15) is 0 Å². The van der Waals surface area contributed by atoms with Gasteiger partial charge in [-0.15, -0.1) is 0 Å². The summed E-state index contributed by atoms with van der Waals surface area (Å²) >= 11 is 0. The van der Waals surface area contributed by atoms with E-state index in [1.165, 1.54) is 0 Å². The van der Waals surface area contributed by atoms with Crippen molar-refractivity contribution in [3.8, 4) is 5.75 Å². The third kappa shape index (κ3) is 2.94. The summed E-state index contributed by atoms with van der Waals surface area (Å²) in [7, 11) is 0. The van der Waals surface area contributed by atoms with Crippen LogP contribution in [0.3, 0.4) is 0 Å². The van der Waals surface area contributed by atoms with Crippen molar-refractivity contribution in [2.24, 2.45) is 0 Å². The Hall–Kier alpha value is -1.24. The molecule has 0 fully saturated rings. The van der Waals surface area contributed by atoms with E-state index in [1.807, 2.05) is 45.0 Å². The van der Waals surface area contributed by atoms with E-state index in [1.54, 1.807) is 6.08 Å². The molecule has 0 saturated carbocycles. The SMILES string of the molecule is C=Cc1ccccc1OC(C)(C)C. The van der Waals surface area contributed by atoms with E-state index in [2.05, 4.69) is 6.58 Å². The molecule has 0 aliphatic carbocycles. The Balaban J connectivity index is 2.94. The minimum atomic E-state index is -0.154. The molecular weight excluding hydrogens is 160 g/mol. The number of ether oxygens (including phenoxy) is 1. The molecule has 0 spiro atoms. The summed E-state index contributed by atoms with van der Waals surface area (Å²) < 4.78 is 5.75. The molecule has 0 radical (unpaired) electrons. The maximum absolute atomic E-state index is 5.75. The summed E-state index contributed by atoms with van der Waals surface area (Å²) in [4.78, 5) is 0. The molecule has 70 valence electrons. The van der Waals surface area contributed by atoms with Crippen LogP contribution in [-0.2, 0) is 0 Å². The highest BCUT2D eigenvalue weighted by Crippen LogP contribution is 2.23. The Morgan fingerprint density at radius 3 is 2.38 bits per heavy atom. The lowest BCUT2D eigenvalue weighted by Crippen LogP contribution is -2.23. The normalized spacial score (nSPS) is 11.0. The number of hydrogen-bond donors (Lipinski definition) is 0. The van der Waals surface area contributed by atoms with Crippen LogP contribution in [0.5, 0.6) is 5.75 Å². The fraction of sp³-hybridized carbons (Fsp3) is 0.333. The van der Waals surface area contributed by atoms with Gasteiger partial charge in [-0.05, 0) is 26.8 Å². The van der Waals surface area contributed by atoms with Gasteiger partial charge in [0.2, 0.25) is 0 Å². The summed E-state index contributed by atoms with van der Waals surface area (Å²) in [6.45, 7) is 9.85. The lowest BCUT2D eigenvalue weighted by Gasteiger charge is -2.22. The van der Waals surface area contributed by atoms with Crippen LogP contribution < -0.4 is 4.74 Å². The standard InChI is InChI=1S/C12H16O/c1-5-10-8-6-7-9-11(10)13-12(2,3)4/h5-9H,1H2,2-4H3. The molecule has 0 N–H and O–H groups in total. The monoisotopic (exact) mass is 176 g/mol. The van der Waals surface area contributed by atoms with Crippen molar-refractivity contribution in [2.75, 3.05) is 0 Å². The van der Waals surface area contributed by atoms with Gasteiger partial charge in [-0.1, -0.05) is 30.9 Å². The Bertz CT molecular complexity index is 294. The van der Waals surface area contributed by atoms with Gasteiger partial charge >= 0.3 is 0 Å². The van der Waals surface area contributed by atoms with Crippen molar-refractivity contribution in [3.63, 3.8) is 0 Å². The van der Waals surface area contributed by atoms with Gasteiger partial charge in [0, 0.05) is 5.56 Å². The largest absolute Gasteiger partial charge is 0.488 e. The molecule has 0 bridgehead atoms. The zero-order chi connectivity index (χ0) is 9.90. The van der Waals surface area contributed by atoms with E-state index in [0.29, 0.717) is 0 Å². The molecule has 1 aromatic carbocycles. The summed E-state index contributed by atoms with van der Waals surface area (Å²) in [5.41, 5.74) is 0.886. The van der Waals surface area contributed by atoms with Gasteiger partial charge in [0.25, 0.3) is 0 Å². The third-order valence-corrected chi connectivity index (χ3v) is 1.56. The molecule has 1 heteroatoms. The molecule has 0 saturated heterocycles. The van der Waals surface area contributed by atoms with Crippen LogP contribution in [0.25, 0.3) is 6.08 Å². The second-order valence-corrected chi connectivity index (χ2v) is 3.96. The molecule has 1 rings (SSSR count). The van der Waals surface area contributed by atoms with Crippen LogP contribution in [0, 0.1) is 0 Å². The quantitative estimate of drug-likeness (QED) is 0.670. The predicted molar refractivity (Wildman–Crippen MR) is 56.9 cm³/mol. The Morgan fingerprint density at radius 2 is 1.85 bits per heavy atom. The number of benzene rings is 1. The Kier molecular flexibility index (Phi) is 2.76. The second kappa shape index (κ2) is 3.65. The first-order valence-corrected chi connectivity index (χ1v) is 4.43. The van der Waals surface area contributed by atoms with Gasteiger partial charge in [0.1, 0.15) is 11.4 Å². The summed E-state index contributed by atoms with van der Waals surface area (Å²) in [6, 6.07) is 7.90.